The Morgan fingerprint density at radius 2 is 1.29 bits per heavy atom. The van der Waals surface area contributed by atoms with Crippen LogP contribution in [-0.4, -0.2) is 24.1 Å². The quantitative estimate of drug-likeness (QED) is 0.142. The van der Waals surface area contributed by atoms with Crippen LogP contribution in [0.4, 0.5) is 0 Å². The van der Waals surface area contributed by atoms with E-state index in [0.717, 1.165) is 57.8 Å². The summed E-state index contributed by atoms with van der Waals surface area (Å²) in [5.74, 6) is -0.0649. The Morgan fingerprint density at radius 3 is 1.75 bits per heavy atom. The monoisotopic (exact) mass is 404 g/mol. The summed E-state index contributed by atoms with van der Waals surface area (Å²) in [6.07, 6.45) is 33.5. The van der Waals surface area contributed by atoms with Crippen LogP contribution in [0.15, 0.2) is 60.8 Å². The molecule has 0 heterocycles. The van der Waals surface area contributed by atoms with Crippen molar-refractivity contribution in [2.75, 3.05) is 12.9 Å². The van der Waals surface area contributed by atoms with Gasteiger partial charge in [0.15, 0.2) is 0 Å². The summed E-state index contributed by atoms with van der Waals surface area (Å²) < 4.78 is 5.09. The molecule has 1 atom stereocenters. The van der Waals surface area contributed by atoms with Crippen LogP contribution in [-0.2, 0) is 9.53 Å². The third kappa shape index (κ3) is 17.9. The Hall–Kier alpha value is -1.48. The van der Waals surface area contributed by atoms with Crippen molar-refractivity contribution >= 4 is 17.7 Å². The van der Waals surface area contributed by atoms with Crippen molar-refractivity contribution in [3.05, 3.63) is 60.8 Å². The van der Waals surface area contributed by atoms with E-state index in [0.29, 0.717) is 6.61 Å². The summed E-state index contributed by atoms with van der Waals surface area (Å²) in [7, 11) is 0. The molecule has 28 heavy (non-hydrogen) atoms. The first kappa shape index (κ1) is 26.5. The fraction of sp³-hybridized carbons (Fsp3) is 0.560. The predicted octanol–water partition coefficient (Wildman–Crippen LogP) is 7.59. The van der Waals surface area contributed by atoms with Gasteiger partial charge in [0.05, 0.1) is 6.61 Å². The van der Waals surface area contributed by atoms with Crippen molar-refractivity contribution in [2.24, 2.45) is 0 Å². The van der Waals surface area contributed by atoms with Gasteiger partial charge in [-0.25, -0.2) is 0 Å². The Balaban J connectivity index is 3.62. The van der Waals surface area contributed by atoms with Gasteiger partial charge in [-0.15, -0.1) is 0 Å². The minimum Gasteiger partial charge on any atom is -0.465 e. The lowest BCUT2D eigenvalue weighted by atomic mass is 10.1. The molecule has 0 aliphatic carbocycles. The van der Waals surface area contributed by atoms with Gasteiger partial charge >= 0.3 is 5.97 Å². The summed E-state index contributed by atoms with van der Waals surface area (Å²) >= 11 is 1.59. The molecule has 0 amide bonds. The second-order valence-electron chi connectivity index (χ2n) is 6.47. The summed E-state index contributed by atoms with van der Waals surface area (Å²) in [6, 6.07) is 0. The molecule has 0 bridgehead atoms. The van der Waals surface area contributed by atoms with E-state index < -0.39 is 0 Å². The maximum Gasteiger partial charge on any atom is 0.319 e. The Kier molecular flexibility index (Phi) is 20.7. The van der Waals surface area contributed by atoms with Crippen LogP contribution in [0.3, 0.4) is 0 Å². The van der Waals surface area contributed by atoms with Crippen LogP contribution in [0.25, 0.3) is 0 Å². The third-order valence-corrected chi connectivity index (χ3v) is 5.08. The maximum absolute atomic E-state index is 11.7. The molecule has 0 aromatic heterocycles. The Labute approximate surface area is 177 Å². The van der Waals surface area contributed by atoms with Gasteiger partial charge in [-0.2, -0.15) is 11.8 Å². The molecule has 0 fully saturated rings. The molecule has 0 rings (SSSR count). The molecule has 0 aromatic rings. The highest BCUT2D eigenvalue weighted by molar-refractivity contribution is 7.99. The zero-order valence-electron chi connectivity index (χ0n) is 18.1. The van der Waals surface area contributed by atoms with Crippen LogP contribution in [0.1, 0.15) is 71.6 Å². The standard InChI is InChI=1S/C25H40O2S/c1-4-6-7-8-9-10-11-12-13-14-15-16-17-18-19-20-21-22-23-24(28-3)25(26)27-5-2/h6-7,9-10,12-13,15-16,18-19,24H,4-5,8,11,14,17,20-23H2,1-3H3. The molecule has 3 heteroatoms. The Morgan fingerprint density at radius 1 is 0.786 bits per heavy atom. The molecule has 0 aliphatic heterocycles. The summed E-state index contributed by atoms with van der Waals surface area (Å²) in [4.78, 5) is 11.7. The summed E-state index contributed by atoms with van der Waals surface area (Å²) in [5.41, 5.74) is 0. The second-order valence-corrected chi connectivity index (χ2v) is 7.51. The first-order valence-electron chi connectivity index (χ1n) is 10.7. The number of hydrogen-bond donors (Lipinski definition) is 0. The van der Waals surface area contributed by atoms with Crippen LogP contribution in [0.5, 0.6) is 0 Å². The van der Waals surface area contributed by atoms with Gasteiger partial charge in [0.1, 0.15) is 5.25 Å². The van der Waals surface area contributed by atoms with Gasteiger partial charge in [0.25, 0.3) is 0 Å². The third-order valence-electron chi connectivity index (χ3n) is 4.08. The van der Waals surface area contributed by atoms with Crippen molar-refractivity contribution in [3.8, 4) is 0 Å². The number of esters is 1. The highest BCUT2D eigenvalue weighted by Gasteiger charge is 2.17. The molecule has 0 saturated heterocycles. The number of hydrogen-bond acceptors (Lipinski definition) is 3. The van der Waals surface area contributed by atoms with Crippen molar-refractivity contribution < 1.29 is 9.53 Å². The lowest BCUT2D eigenvalue weighted by Crippen LogP contribution is -2.19. The molecule has 0 aliphatic rings. The van der Waals surface area contributed by atoms with E-state index >= 15 is 0 Å². The SMILES string of the molecule is CCC=CCC=CCC=CCC=CCC=CCCCCC(SC)C(=O)OCC. The minimum atomic E-state index is -0.0649. The van der Waals surface area contributed by atoms with Crippen LogP contribution < -0.4 is 0 Å². The predicted molar refractivity (Wildman–Crippen MR) is 127 cm³/mol. The highest BCUT2D eigenvalue weighted by atomic mass is 32.2. The average molecular weight is 405 g/mol. The van der Waals surface area contributed by atoms with E-state index in [1.807, 2.05) is 13.2 Å². The topological polar surface area (TPSA) is 26.3 Å². The van der Waals surface area contributed by atoms with Gasteiger partial charge < -0.3 is 4.74 Å². The number of ether oxygens (including phenoxy) is 1. The zero-order chi connectivity index (χ0) is 20.7. The van der Waals surface area contributed by atoms with Gasteiger partial charge in [0.2, 0.25) is 0 Å². The second kappa shape index (κ2) is 21.8. The molecule has 0 saturated carbocycles. The average Bonchev–Trinajstić information content (AvgIpc) is 2.70. The van der Waals surface area contributed by atoms with Crippen LogP contribution in [0.2, 0.25) is 0 Å². The molecular weight excluding hydrogens is 364 g/mol. The largest absolute Gasteiger partial charge is 0.465 e. The lowest BCUT2D eigenvalue weighted by molar-refractivity contribution is -0.142. The number of thioether (sulfide) groups is 1. The van der Waals surface area contributed by atoms with Crippen molar-refractivity contribution in [2.45, 2.75) is 76.9 Å². The number of rotatable bonds is 17. The van der Waals surface area contributed by atoms with E-state index in [9.17, 15) is 4.79 Å². The molecule has 2 nitrogen and oxygen atoms in total. The number of allylic oxidation sites excluding steroid dienone is 10. The van der Waals surface area contributed by atoms with Gasteiger partial charge in [-0.3, -0.25) is 4.79 Å². The maximum atomic E-state index is 11.7. The molecule has 158 valence electrons. The van der Waals surface area contributed by atoms with Crippen molar-refractivity contribution in [1.29, 1.82) is 0 Å². The first-order valence-corrected chi connectivity index (χ1v) is 12.0. The van der Waals surface area contributed by atoms with E-state index in [1.54, 1.807) is 11.8 Å². The van der Waals surface area contributed by atoms with Gasteiger partial charge in [-0.1, -0.05) is 74.1 Å². The molecule has 0 radical (unpaired) electrons. The van der Waals surface area contributed by atoms with Crippen LogP contribution >= 0.6 is 11.8 Å². The number of carbonyl (C=O) groups is 1. The normalized spacial score (nSPS) is 13.7. The molecule has 0 spiro atoms. The Bertz CT molecular complexity index is 501. The fourth-order valence-corrected chi connectivity index (χ4v) is 3.19. The summed E-state index contributed by atoms with van der Waals surface area (Å²) in [5, 5.41) is -0.00620. The minimum absolute atomic E-state index is 0.00620. The van der Waals surface area contributed by atoms with Crippen LogP contribution in [0, 0.1) is 0 Å². The first-order chi connectivity index (χ1) is 13.8. The van der Waals surface area contributed by atoms with E-state index in [4.69, 9.17) is 4.74 Å². The van der Waals surface area contributed by atoms with Crippen molar-refractivity contribution in [1.82, 2.24) is 0 Å². The number of unbranched alkanes of at least 4 members (excludes halogenated alkanes) is 2. The molecule has 0 aromatic carbocycles. The van der Waals surface area contributed by atoms with Gasteiger partial charge in [0, 0.05) is 0 Å². The highest BCUT2D eigenvalue weighted by Crippen LogP contribution is 2.17. The van der Waals surface area contributed by atoms with E-state index in [2.05, 4.69) is 67.7 Å². The fourth-order valence-electron chi connectivity index (χ4n) is 2.53. The smallest absolute Gasteiger partial charge is 0.319 e. The number of carbonyl (C=O) groups excluding carboxylic acids is 1. The zero-order valence-corrected chi connectivity index (χ0v) is 19.0. The van der Waals surface area contributed by atoms with Gasteiger partial charge in [-0.05, 0) is 64.5 Å². The lowest BCUT2D eigenvalue weighted by Gasteiger charge is -2.12. The van der Waals surface area contributed by atoms with E-state index in [1.165, 1.54) is 0 Å². The molecular formula is C25H40O2S. The molecule has 0 N–H and O–H groups in total. The van der Waals surface area contributed by atoms with Crippen molar-refractivity contribution in [3.63, 3.8) is 0 Å². The summed E-state index contributed by atoms with van der Waals surface area (Å²) in [6.45, 7) is 4.48. The van der Waals surface area contributed by atoms with E-state index in [-0.39, 0.29) is 11.2 Å². The molecule has 1 unspecified atom stereocenters.